The number of rotatable bonds is 8. The van der Waals surface area contributed by atoms with Crippen LogP contribution in [-0.2, 0) is 11.2 Å². The molecule has 2 N–H and O–H groups in total. The first-order chi connectivity index (χ1) is 13.5. The molecule has 0 radical (unpaired) electrons. The number of hydrogen-bond acceptors (Lipinski definition) is 6. The molecule has 0 saturated carbocycles. The fraction of sp³-hybridized carbons (Fsp3) is 0.350. The molecule has 2 aromatic heterocycles. The van der Waals surface area contributed by atoms with Crippen LogP contribution in [0.1, 0.15) is 22.7 Å². The van der Waals surface area contributed by atoms with Crippen LogP contribution in [0.2, 0.25) is 0 Å². The smallest absolute Gasteiger partial charge is 0.259 e. The largest absolute Gasteiger partial charge is 0.497 e. The lowest BCUT2D eigenvalue weighted by Gasteiger charge is -2.09. The maximum Gasteiger partial charge on any atom is 0.259 e. The minimum Gasteiger partial charge on any atom is -0.497 e. The molecule has 0 aliphatic carbocycles. The van der Waals surface area contributed by atoms with Crippen molar-refractivity contribution in [1.82, 2.24) is 15.3 Å². The van der Waals surface area contributed by atoms with Gasteiger partial charge in [0, 0.05) is 23.8 Å². The summed E-state index contributed by atoms with van der Waals surface area (Å²) in [6.45, 7) is 4.64. The molecule has 2 heterocycles. The van der Waals surface area contributed by atoms with Crippen molar-refractivity contribution in [2.45, 2.75) is 26.7 Å². The highest BCUT2D eigenvalue weighted by Gasteiger charge is 2.12. The van der Waals surface area contributed by atoms with Crippen LogP contribution >= 0.6 is 11.3 Å². The zero-order chi connectivity index (χ0) is 20.1. The van der Waals surface area contributed by atoms with Gasteiger partial charge in [0.05, 0.1) is 19.0 Å². The maximum absolute atomic E-state index is 12.3. The SMILES string of the molecule is COc1cccc(OCCNC(=O)CCc2nc3sc(C)c(C)c3c(=O)[nH]2)c1. The molecule has 1 aromatic carbocycles. The average molecular weight is 401 g/mol. The van der Waals surface area contributed by atoms with Gasteiger partial charge in [-0.2, -0.15) is 0 Å². The number of aromatic amines is 1. The van der Waals surface area contributed by atoms with Crippen LogP contribution in [0, 0.1) is 13.8 Å². The van der Waals surface area contributed by atoms with Crippen LogP contribution < -0.4 is 20.3 Å². The number of nitrogens with one attached hydrogen (secondary N) is 2. The van der Waals surface area contributed by atoms with Crippen molar-refractivity contribution >= 4 is 27.5 Å². The van der Waals surface area contributed by atoms with E-state index in [0.29, 0.717) is 36.5 Å². The molecule has 0 fully saturated rings. The molecule has 3 aromatic rings. The highest BCUT2D eigenvalue weighted by atomic mass is 32.1. The average Bonchev–Trinajstić information content (AvgIpc) is 2.98. The minimum absolute atomic E-state index is 0.115. The zero-order valence-electron chi connectivity index (χ0n) is 16.1. The van der Waals surface area contributed by atoms with E-state index in [4.69, 9.17) is 9.47 Å². The normalized spacial score (nSPS) is 10.8. The van der Waals surface area contributed by atoms with Crippen LogP contribution in [0.15, 0.2) is 29.1 Å². The molecule has 0 saturated heterocycles. The van der Waals surface area contributed by atoms with Gasteiger partial charge in [0.1, 0.15) is 28.8 Å². The number of aromatic nitrogens is 2. The van der Waals surface area contributed by atoms with Crippen LogP contribution in [0.3, 0.4) is 0 Å². The van der Waals surface area contributed by atoms with Gasteiger partial charge in [0.15, 0.2) is 0 Å². The van der Waals surface area contributed by atoms with E-state index in [2.05, 4.69) is 15.3 Å². The number of fused-ring (bicyclic) bond motifs is 1. The fourth-order valence-corrected chi connectivity index (χ4v) is 3.84. The van der Waals surface area contributed by atoms with Crippen LogP contribution in [-0.4, -0.2) is 36.1 Å². The van der Waals surface area contributed by atoms with Gasteiger partial charge < -0.3 is 19.8 Å². The van der Waals surface area contributed by atoms with Gasteiger partial charge >= 0.3 is 0 Å². The molecule has 7 nitrogen and oxygen atoms in total. The molecule has 3 rings (SSSR count). The summed E-state index contributed by atoms with van der Waals surface area (Å²) in [5.74, 6) is 1.82. The Morgan fingerprint density at radius 1 is 1.29 bits per heavy atom. The Morgan fingerprint density at radius 3 is 2.86 bits per heavy atom. The Hall–Kier alpha value is -2.87. The Kier molecular flexibility index (Phi) is 6.30. The number of carbonyl (C=O) groups excluding carboxylic acids is 1. The first-order valence-electron chi connectivity index (χ1n) is 9.00. The van der Waals surface area contributed by atoms with E-state index in [1.54, 1.807) is 13.2 Å². The topological polar surface area (TPSA) is 93.3 Å². The van der Waals surface area contributed by atoms with E-state index in [1.165, 1.54) is 11.3 Å². The second kappa shape index (κ2) is 8.88. The maximum atomic E-state index is 12.3. The molecule has 1 amide bonds. The quantitative estimate of drug-likeness (QED) is 0.566. The molecule has 0 spiro atoms. The number of ether oxygens (including phenoxy) is 2. The molecule has 148 valence electrons. The molecule has 0 atom stereocenters. The van der Waals surface area contributed by atoms with Crippen molar-refractivity contribution in [1.29, 1.82) is 0 Å². The van der Waals surface area contributed by atoms with Crippen molar-refractivity contribution in [3.8, 4) is 11.5 Å². The number of hydrogen-bond donors (Lipinski definition) is 2. The lowest BCUT2D eigenvalue weighted by atomic mass is 10.2. The van der Waals surface area contributed by atoms with E-state index < -0.39 is 0 Å². The summed E-state index contributed by atoms with van der Waals surface area (Å²) in [7, 11) is 1.60. The van der Waals surface area contributed by atoms with Gasteiger partial charge in [-0.15, -0.1) is 11.3 Å². The number of carbonyl (C=O) groups is 1. The van der Waals surface area contributed by atoms with Crippen molar-refractivity contribution in [2.24, 2.45) is 0 Å². The highest BCUT2D eigenvalue weighted by molar-refractivity contribution is 7.18. The van der Waals surface area contributed by atoms with Crippen molar-refractivity contribution in [2.75, 3.05) is 20.3 Å². The molecular formula is C20H23N3O4S. The number of aryl methyl sites for hydroxylation is 3. The summed E-state index contributed by atoms with van der Waals surface area (Å²) in [4.78, 5) is 33.4. The van der Waals surface area contributed by atoms with Crippen molar-refractivity contribution < 1.29 is 14.3 Å². The lowest BCUT2D eigenvalue weighted by Crippen LogP contribution is -2.28. The standard InChI is InChI=1S/C20H23N3O4S/c1-12-13(2)28-20-18(12)19(25)22-16(23-20)7-8-17(24)21-9-10-27-15-6-4-5-14(11-15)26-3/h4-6,11H,7-10H2,1-3H3,(H,21,24)(H,22,23,25). The summed E-state index contributed by atoms with van der Waals surface area (Å²) >= 11 is 1.50. The second-order valence-electron chi connectivity index (χ2n) is 6.35. The summed E-state index contributed by atoms with van der Waals surface area (Å²) < 4.78 is 10.7. The molecule has 28 heavy (non-hydrogen) atoms. The molecule has 0 bridgehead atoms. The monoisotopic (exact) mass is 401 g/mol. The molecule has 0 aliphatic heterocycles. The number of benzene rings is 1. The fourth-order valence-electron chi connectivity index (χ4n) is 2.79. The number of methoxy groups -OCH3 is 1. The van der Waals surface area contributed by atoms with Gasteiger partial charge in [-0.05, 0) is 31.5 Å². The third-order valence-electron chi connectivity index (χ3n) is 4.41. The first-order valence-corrected chi connectivity index (χ1v) is 9.82. The Morgan fingerprint density at radius 2 is 2.07 bits per heavy atom. The number of amides is 1. The van der Waals surface area contributed by atoms with E-state index in [9.17, 15) is 9.59 Å². The predicted molar refractivity (Wildman–Crippen MR) is 110 cm³/mol. The Labute approximate surface area is 166 Å². The number of thiophene rings is 1. The minimum atomic E-state index is -0.144. The van der Waals surface area contributed by atoms with Crippen LogP contribution in [0.4, 0.5) is 0 Å². The molecule has 0 aliphatic rings. The second-order valence-corrected chi connectivity index (χ2v) is 7.56. The van der Waals surface area contributed by atoms with E-state index in [0.717, 1.165) is 21.0 Å². The summed E-state index contributed by atoms with van der Waals surface area (Å²) in [5, 5.41) is 3.45. The van der Waals surface area contributed by atoms with E-state index in [-0.39, 0.29) is 17.9 Å². The van der Waals surface area contributed by atoms with Crippen LogP contribution in [0.25, 0.3) is 10.2 Å². The molecular weight excluding hydrogens is 378 g/mol. The lowest BCUT2D eigenvalue weighted by molar-refractivity contribution is -0.121. The molecule has 8 heteroatoms. The number of nitrogens with zero attached hydrogens (tertiary/aromatic N) is 1. The molecule has 0 unspecified atom stereocenters. The third kappa shape index (κ3) is 4.69. The third-order valence-corrected chi connectivity index (χ3v) is 5.51. The van der Waals surface area contributed by atoms with Gasteiger partial charge in [-0.25, -0.2) is 4.98 Å². The Bertz CT molecular complexity index is 1040. The van der Waals surface area contributed by atoms with E-state index >= 15 is 0 Å². The van der Waals surface area contributed by atoms with Gasteiger partial charge in [0.2, 0.25) is 5.91 Å². The van der Waals surface area contributed by atoms with Crippen molar-refractivity contribution in [3.63, 3.8) is 0 Å². The van der Waals surface area contributed by atoms with Gasteiger partial charge in [-0.1, -0.05) is 6.07 Å². The summed E-state index contributed by atoms with van der Waals surface area (Å²) in [5.41, 5.74) is 0.822. The first kappa shape index (κ1) is 19.9. The highest BCUT2D eigenvalue weighted by Crippen LogP contribution is 2.25. The van der Waals surface area contributed by atoms with Gasteiger partial charge in [-0.3, -0.25) is 9.59 Å². The summed E-state index contributed by atoms with van der Waals surface area (Å²) in [6, 6.07) is 7.29. The van der Waals surface area contributed by atoms with Crippen LogP contribution in [0.5, 0.6) is 11.5 Å². The number of H-pyrrole nitrogens is 1. The zero-order valence-corrected chi connectivity index (χ0v) is 16.9. The van der Waals surface area contributed by atoms with Crippen molar-refractivity contribution in [3.05, 3.63) is 50.9 Å². The van der Waals surface area contributed by atoms with Gasteiger partial charge in [0.25, 0.3) is 5.56 Å². The predicted octanol–water partition coefficient (Wildman–Crippen LogP) is 2.74. The van der Waals surface area contributed by atoms with E-state index in [1.807, 2.05) is 32.0 Å². The Balaban J connectivity index is 1.46. The summed E-state index contributed by atoms with van der Waals surface area (Å²) in [6.07, 6.45) is 0.626.